The van der Waals surface area contributed by atoms with E-state index in [0.29, 0.717) is 0 Å². The van der Waals surface area contributed by atoms with Crippen LogP contribution >= 0.6 is 11.3 Å². The molecular weight excluding hydrogens is 290 g/mol. The number of amides is 1. The van der Waals surface area contributed by atoms with Crippen LogP contribution in [0, 0.1) is 12.8 Å². The second kappa shape index (κ2) is 6.26. The summed E-state index contributed by atoms with van der Waals surface area (Å²) in [6, 6.07) is -0.624. The summed E-state index contributed by atoms with van der Waals surface area (Å²) in [6.07, 6.45) is 2.10. The molecule has 0 aliphatic rings. The number of fused-ring (bicyclic) bond motifs is 1. The topological polar surface area (TPSA) is 72.7 Å². The van der Waals surface area contributed by atoms with Crippen LogP contribution in [0.15, 0.2) is 11.6 Å². The van der Waals surface area contributed by atoms with Gasteiger partial charge < -0.3 is 10.1 Å². The summed E-state index contributed by atoms with van der Waals surface area (Å²) in [7, 11) is 1.32. The molecule has 0 saturated carbocycles. The highest BCUT2D eigenvalue weighted by atomic mass is 32.1. The molecule has 0 saturated heterocycles. The highest BCUT2D eigenvalue weighted by Gasteiger charge is 2.25. The van der Waals surface area contributed by atoms with Crippen LogP contribution in [0.2, 0.25) is 0 Å². The minimum absolute atomic E-state index is 0.0283. The smallest absolute Gasteiger partial charge is 0.328 e. The van der Waals surface area contributed by atoms with Crippen molar-refractivity contribution in [2.75, 3.05) is 7.11 Å². The van der Waals surface area contributed by atoms with Gasteiger partial charge in [0.25, 0.3) is 0 Å². The molecule has 1 unspecified atom stereocenters. The van der Waals surface area contributed by atoms with Crippen molar-refractivity contribution in [1.29, 1.82) is 0 Å². The fourth-order valence-electron chi connectivity index (χ4n) is 2.08. The van der Waals surface area contributed by atoms with Crippen molar-refractivity contribution in [3.8, 4) is 0 Å². The first kappa shape index (κ1) is 15.5. The maximum absolute atomic E-state index is 12.1. The Morgan fingerprint density at radius 3 is 2.81 bits per heavy atom. The van der Waals surface area contributed by atoms with Crippen LogP contribution in [0.3, 0.4) is 0 Å². The van der Waals surface area contributed by atoms with Crippen molar-refractivity contribution < 1.29 is 14.3 Å². The predicted molar refractivity (Wildman–Crippen MR) is 80.3 cm³/mol. The van der Waals surface area contributed by atoms with Gasteiger partial charge in [0.15, 0.2) is 4.96 Å². The summed E-state index contributed by atoms with van der Waals surface area (Å²) >= 11 is 1.49. The molecule has 2 heterocycles. The largest absolute Gasteiger partial charge is 0.467 e. The zero-order valence-electron chi connectivity index (χ0n) is 12.5. The van der Waals surface area contributed by atoms with E-state index in [0.717, 1.165) is 16.3 Å². The second-order valence-corrected chi connectivity index (χ2v) is 6.09. The van der Waals surface area contributed by atoms with Crippen LogP contribution in [0.5, 0.6) is 0 Å². The monoisotopic (exact) mass is 309 g/mol. The number of nitrogens with one attached hydrogen (secondary N) is 1. The van der Waals surface area contributed by atoms with Gasteiger partial charge in [-0.15, -0.1) is 11.3 Å². The number of carbonyl (C=O) groups excluding carboxylic acids is 2. The average Bonchev–Trinajstić information content (AvgIpc) is 2.95. The Labute approximate surface area is 127 Å². The number of ether oxygens (including phenoxy) is 1. The van der Waals surface area contributed by atoms with E-state index in [-0.39, 0.29) is 18.2 Å². The molecule has 0 aliphatic heterocycles. The molecule has 7 heteroatoms. The van der Waals surface area contributed by atoms with Crippen LogP contribution in [0.1, 0.15) is 25.2 Å². The number of hydrogen-bond donors (Lipinski definition) is 1. The van der Waals surface area contributed by atoms with Gasteiger partial charge in [0.05, 0.1) is 19.2 Å². The van der Waals surface area contributed by atoms with Gasteiger partial charge in [-0.05, 0) is 12.8 Å². The number of methoxy groups -OCH3 is 1. The maximum atomic E-state index is 12.1. The summed E-state index contributed by atoms with van der Waals surface area (Å²) in [4.78, 5) is 29.0. The van der Waals surface area contributed by atoms with E-state index in [9.17, 15) is 9.59 Å². The van der Waals surface area contributed by atoms with Crippen LogP contribution in [-0.4, -0.2) is 34.4 Å². The summed E-state index contributed by atoms with van der Waals surface area (Å²) in [5.41, 5.74) is 1.78. The third kappa shape index (κ3) is 3.41. The van der Waals surface area contributed by atoms with E-state index < -0.39 is 12.0 Å². The van der Waals surface area contributed by atoms with Gasteiger partial charge in [-0.3, -0.25) is 9.20 Å². The van der Waals surface area contributed by atoms with Crippen LogP contribution in [-0.2, 0) is 20.7 Å². The minimum atomic E-state index is -0.624. The van der Waals surface area contributed by atoms with Crippen LogP contribution in [0.4, 0.5) is 0 Å². The fraction of sp³-hybridized carbons (Fsp3) is 0.500. The SMILES string of the molecule is COC(=O)C(NC(=O)Cc1csc2nc(C)cn12)C(C)C. The number of aryl methyl sites for hydroxylation is 1. The Morgan fingerprint density at radius 2 is 2.19 bits per heavy atom. The Hall–Kier alpha value is -1.89. The van der Waals surface area contributed by atoms with Crippen molar-refractivity contribution in [2.45, 2.75) is 33.2 Å². The molecule has 0 fully saturated rings. The van der Waals surface area contributed by atoms with Gasteiger partial charge in [-0.2, -0.15) is 0 Å². The molecule has 2 aromatic heterocycles. The minimum Gasteiger partial charge on any atom is -0.467 e. The van der Waals surface area contributed by atoms with E-state index in [4.69, 9.17) is 4.74 Å². The van der Waals surface area contributed by atoms with Gasteiger partial charge in [0.2, 0.25) is 5.91 Å². The number of hydrogen-bond acceptors (Lipinski definition) is 5. The molecule has 0 spiro atoms. The van der Waals surface area contributed by atoms with E-state index in [1.807, 2.05) is 36.7 Å². The van der Waals surface area contributed by atoms with Crippen LogP contribution in [0.25, 0.3) is 4.96 Å². The summed E-state index contributed by atoms with van der Waals surface area (Å²) < 4.78 is 6.62. The highest BCUT2D eigenvalue weighted by molar-refractivity contribution is 7.15. The lowest BCUT2D eigenvalue weighted by Gasteiger charge is -2.19. The number of imidazole rings is 1. The normalized spacial score (nSPS) is 12.6. The van der Waals surface area contributed by atoms with E-state index >= 15 is 0 Å². The lowest BCUT2D eigenvalue weighted by Crippen LogP contribution is -2.45. The van der Waals surface area contributed by atoms with Crippen molar-refractivity contribution in [3.63, 3.8) is 0 Å². The van der Waals surface area contributed by atoms with Crippen molar-refractivity contribution >= 4 is 28.2 Å². The molecule has 114 valence electrons. The van der Waals surface area contributed by atoms with E-state index in [1.54, 1.807) is 0 Å². The lowest BCUT2D eigenvalue weighted by molar-refractivity contribution is -0.146. The molecule has 1 N–H and O–H groups in total. The van der Waals surface area contributed by atoms with E-state index in [2.05, 4.69) is 10.3 Å². The summed E-state index contributed by atoms with van der Waals surface area (Å²) in [5.74, 6) is -0.656. The first-order chi connectivity index (χ1) is 9.92. The Bertz CT molecular complexity index is 660. The Balaban J connectivity index is 2.08. The average molecular weight is 309 g/mol. The molecule has 1 atom stereocenters. The first-order valence-corrected chi connectivity index (χ1v) is 7.59. The molecule has 0 aliphatic carbocycles. The molecule has 2 rings (SSSR count). The molecule has 1 amide bonds. The maximum Gasteiger partial charge on any atom is 0.328 e. The number of esters is 1. The van der Waals surface area contributed by atoms with Gasteiger partial charge in [-0.1, -0.05) is 13.8 Å². The van der Waals surface area contributed by atoms with Crippen LogP contribution < -0.4 is 5.32 Å². The first-order valence-electron chi connectivity index (χ1n) is 6.71. The lowest BCUT2D eigenvalue weighted by atomic mass is 10.0. The molecule has 0 bridgehead atoms. The molecule has 0 radical (unpaired) electrons. The van der Waals surface area contributed by atoms with Gasteiger partial charge in [-0.25, -0.2) is 9.78 Å². The second-order valence-electron chi connectivity index (χ2n) is 5.25. The zero-order valence-corrected chi connectivity index (χ0v) is 13.4. The number of thiazole rings is 1. The van der Waals surface area contributed by atoms with Gasteiger partial charge in [0, 0.05) is 17.3 Å². The number of nitrogens with zero attached hydrogens (tertiary/aromatic N) is 2. The summed E-state index contributed by atoms with van der Waals surface area (Å²) in [6.45, 7) is 5.64. The Morgan fingerprint density at radius 1 is 1.48 bits per heavy atom. The highest BCUT2D eigenvalue weighted by Crippen LogP contribution is 2.17. The standard InChI is InChI=1S/C14H19N3O3S/c1-8(2)12(13(19)20-4)16-11(18)5-10-7-21-14-15-9(3)6-17(10)14/h6-8,12H,5H2,1-4H3,(H,16,18). The van der Waals surface area contributed by atoms with Crippen molar-refractivity contribution in [1.82, 2.24) is 14.7 Å². The summed E-state index contributed by atoms with van der Waals surface area (Å²) in [5, 5.41) is 4.64. The molecule has 2 aromatic rings. The molecular formula is C14H19N3O3S. The molecule has 6 nitrogen and oxygen atoms in total. The zero-order chi connectivity index (χ0) is 15.6. The number of rotatable bonds is 5. The number of aromatic nitrogens is 2. The predicted octanol–water partition coefficient (Wildman–Crippen LogP) is 1.56. The van der Waals surface area contributed by atoms with E-state index in [1.165, 1.54) is 18.4 Å². The quantitative estimate of drug-likeness (QED) is 0.851. The molecule has 0 aromatic carbocycles. The molecule has 21 heavy (non-hydrogen) atoms. The third-order valence-electron chi connectivity index (χ3n) is 3.18. The third-order valence-corrected chi connectivity index (χ3v) is 4.07. The number of carbonyl (C=O) groups is 2. The van der Waals surface area contributed by atoms with Gasteiger partial charge >= 0.3 is 5.97 Å². The van der Waals surface area contributed by atoms with Crippen molar-refractivity contribution in [3.05, 3.63) is 23.0 Å². The van der Waals surface area contributed by atoms with Gasteiger partial charge in [0.1, 0.15) is 6.04 Å². The fourth-order valence-corrected chi connectivity index (χ4v) is 3.00. The Kier molecular flexibility index (Phi) is 4.62. The van der Waals surface area contributed by atoms with Crippen molar-refractivity contribution in [2.24, 2.45) is 5.92 Å².